The highest BCUT2D eigenvalue weighted by molar-refractivity contribution is 5.77. The van der Waals surface area contributed by atoms with Crippen LogP contribution >= 0.6 is 0 Å². The summed E-state index contributed by atoms with van der Waals surface area (Å²) in [5, 5.41) is 10.6. The van der Waals surface area contributed by atoms with Crippen molar-refractivity contribution in [2.24, 2.45) is 0 Å². The molecule has 1 aromatic carbocycles. The molecule has 0 aliphatic heterocycles. The molecule has 1 amide bonds. The fraction of sp³-hybridized carbons (Fsp3) is 0.273. The van der Waals surface area contributed by atoms with Gasteiger partial charge in [0.05, 0.1) is 0 Å². The lowest BCUT2D eigenvalue weighted by Gasteiger charge is -2.04. The Morgan fingerprint density at radius 2 is 2.13 bits per heavy atom. The van der Waals surface area contributed by atoms with Crippen LogP contribution in [0.3, 0.4) is 0 Å². The van der Waals surface area contributed by atoms with Crippen LogP contribution in [0.1, 0.15) is 22.3 Å². The molecule has 0 aliphatic rings. The Labute approximate surface area is 87.9 Å². The zero-order valence-corrected chi connectivity index (χ0v) is 8.27. The minimum atomic E-state index is -1.02. The standard InChI is InChI=1S/C11H13NO3/c13-8-10-5-2-1-4-9(10)6-3-7-12-11(14)15/h1-2,4-5,8,12H,3,6-7H2,(H,14,15). The highest BCUT2D eigenvalue weighted by Gasteiger charge is 2.00. The number of aldehydes is 1. The molecule has 0 unspecified atom stereocenters. The summed E-state index contributed by atoms with van der Waals surface area (Å²) in [7, 11) is 0. The Bertz CT molecular complexity index is 349. The number of aryl methyl sites for hydroxylation is 1. The second kappa shape index (κ2) is 5.80. The lowest BCUT2D eigenvalue weighted by molar-refractivity contribution is 0.112. The maximum atomic E-state index is 10.7. The van der Waals surface area contributed by atoms with Crippen LogP contribution in [0.2, 0.25) is 0 Å². The van der Waals surface area contributed by atoms with Crippen molar-refractivity contribution in [3.05, 3.63) is 35.4 Å². The number of carboxylic acid groups (broad SMARTS) is 1. The van der Waals surface area contributed by atoms with Crippen molar-refractivity contribution >= 4 is 12.4 Å². The third-order valence-corrected chi connectivity index (χ3v) is 2.08. The van der Waals surface area contributed by atoms with Gasteiger partial charge < -0.3 is 10.4 Å². The predicted molar refractivity (Wildman–Crippen MR) is 56.2 cm³/mol. The van der Waals surface area contributed by atoms with Gasteiger partial charge in [0, 0.05) is 12.1 Å². The number of rotatable bonds is 5. The minimum Gasteiger partial charge on any atom is -0.465 e. The molecule has 2 N–H and O–H groups in total. The van der Waals surface area contributed by atoms with Crippen LogP contribution in [0.25, 0.3) is 0 Å². The van der Waals surface area contributed by atoms with E-state index in [1.54, 1.807) is 6.07 Å². The zero-order valence-electron chi connectivity index (χ0n) is 8.27. The summed E-state index contributed by atoms with van der Waals surface area (Å²) < 4.78 is 0. The van der Waals surface area contributed by atoms with Gasteiger partial charge in [0.25, 0.3) is 0 Å². The molecule has 0 aromatic heterocycles. The highest BCUT2D eigenvalue weighted by Crippen LogP contribution is 2.08. The molecule has 0 saturated heterocycles. The van der Waals surface area contributed by atoms with Gasteiger partial charge in [0.1, 0.15) is 6.29 Å². The van der Waals surface area contributed by atoms with Gasteiger partial charge >= 0.3 is 6.09 Å². The summed E-state index contributed by atoms with van der Waals surface area (Å²) in [4.78, 5) is 20.8. The third kappa shape index (κ3) is 3.81. The summed E-state index contributed by atoms with van der Waals surface area (Å²) in [6.45, 7) is 0.405. The fourth-order valence-corrected chi connectivity index (χ4v) is 1.35. The van der Waals surface area contributed by atoms with Gasteiger partial charge in [-0.15, -0.1) is 0 Å². The number of hydrogen-bond donors (Lipinski definition) is 2. The van der Waals surface area contributed by atoms with E-state index < -0.39 is 6.09 Å². The number of hydrogen-bond acceptors (Lipinski definition) is 2. The predicted octanol–water partition coefficient (Wildman–Crippen LogP) is 1.70. The molecule has 15 heavy (non-hydrogen) atoms. The lowest BCUT2D eigenvalue weighted by Crippen LogP contribution is -2.22. The van der Waals surface area contributed by atoms with Gasteiger partial charge in [-0.3, -0.25) is 4.79 Å². The van der Waals surface area contributed by atoms with Gasteiger partial charge in [-0.05, 0) is 18.4 Å². The number of carbonyl (C=O) groups is 2. The molecule has 0 spiro atoms. The molecule has 0 fully saturated rings. The first-order valence-electron chi connectivity index (χ1n) is 4.74. The van der Waals surface area contributed by atoms with Crippen LogP contribution in [-0.4, -0.2) is 24.0 Å². The van der Waals surface area contributed by atoms with Crippen LogP contribution < -0.4 is 5.32 Å². The zero-order chi connectivity index (χ0) is 11.1. The van der Waals surface area contributed by atoms with E-state index in [1.165, 1.54) is 0 Å². The van der Waals surface area contributed by atoms with Crippen molar-refractivity contribution in [1.29, 1.82) is 0 Å². The van der Waals surface area contributed by atoms with Crippen molar-refractivity contribution in [2.75, 3.05) is 6.54 Å². The molecule has 1 aromatic rings. The van der Waals surface area contributed by atoms with E-state index >= 15 is 0 Å². The average Bonchev–Trinajstić information content (AvgIpc) is 2.24. The first-order chi connectivity index (χ1) is 7.24. The molecular formula is C11H13NO3. The highest BCUT2D eigenvalue weighted by atomic mass is 16.4. The normalized spacial score (nSPS) is 9.60. The Hall–Kier alpha value is -1.84. The SMILES string of the molecule is O=Cc1ccccc1CCCNC(=O)O. The van der Waals surface area contributed by atoms with Crippen molar-refractivity contribution in [1.82, 2.24) is 5.32 Å². The average molecular weight is 207 g/mol. The number of benzene rings is 1. The fourth-order valence-electron chi connectivity index (χ4n) is 1.35. The first-order valence-corrected chi connectivity index (χ1v) is 4.74. The Balaban J connectivity index is 2.43. The molecule has 4 heteroatoms. The van der Waals surface area contributed by atoms with Crippen molar-refractivity contribution in [3.8, 4) is 0 Å². The second-order valence-corrected chi connectivity index (χ2v) is 3.15. The van der Waals surface area contributed by atoms with Gasteiger partial charge in [-0.1, -0.05) is 24.3 Å². The Morgan fingerprint density at radius 3 is 2.80 bits per heavy atom. The molecule has 0 heterocycles. The van der Waals surface area contributed by atoms with Crippen molar-refractivity contribution < 1.29 is 14.7 Å². The van der Waals surface area contributed by atoms with E-state index in [4.69, 9.17) is 5.11 Å². The van der Waals surface area contributed by atoms with Crippen molar-refractivity contribution in [3.63, 3.8) is 0 Å². The minimum absolute atomic E-state index is 0.405. The molecule has 0 aliphatic carbocycles. The van der Waals surface area contributed by atoms with E-state index in [0.29, 0.717) is 24.9 Å². The van der Waals surface area contributed by atoms with E-state index in [2.05, 4.69) is 5.32 Å². The molecule has 0 bridgehead atoms. The molecule has 0 saturated carbocycles. The van der Waals surface area contributed by atoms with E-state index in [1.807, 2.05) is 18.2 Å². The Morgan fingerprint density at radius 1 is 1.40 bits per heavy atom. The Kier molecular flexibility index (Phi) is 4.34. The maximum Gasteiger partial charge on any atom is 0.404 e. The number of nitrogens with one attached hydrogen (secondary N) is 1. The van der Waals surface area contributed by atoms with Gasteiger partial charge in [-0.2, -0.15) is 0 Å². The molecule has 0 radical (unpaired) electrons. The van der Waals surface area contributed by atoms with Crippen LogP contribution in [0.4, 0.5) is 4.79 Å². The number of amides is 1. The summed E-state index contributed by atoms with van der Waals surface area (Å²) >= 11 is 0. The summed E-state index contributed by atoms with van der Waals surface area (Å²) in [6.07, 6.45) is 1.20. The van der Waals surface area contributed by atoms with Crippen LogP contribution in [0.5, 0.6) is 0 Å². The first kappa shape index (κ1) is 11.2. The topological polar surface area (TPSA) is 66.4 Å². The van der Waals surface area contributed by atoms with Crippen LogP contribution in [0, 0.1) is 0 Å². The summed E-state index contributed by atoms with van der Waals surface area (Å²) in [5.41, 5.74) is 1.63. The quantitative estimate of drug-likeness (QED) is 0.570. The molecular weight excluding hydrogens is 194 g/mol. The molecule has 1 rings (SSSR count). The number of carbonyl (C=O) groups excluding carboxylic acids is 1. The molecule has 80 valence electrons. The van der Waals surface area contributed by atoms with E-state index in [9.17, 15) is 9.59 Å². The third-order valence-electron chi connectivity index (χ3n) is 2.08. The van der Waals surface area contributed by atoms with E-state index in [0.717, 1.165) is 11.8 Å². The van der Waals surface area contributed by atoms with E-state index in [-0.39, 0.29) is 0 Å². The largest absolute Gasteiger partial charge is 0.465 e. The van der Waals surface area contributed by atoms with Crippen molar-refractivity contribution in [2.45, 2.75) is 12.8 Å². The smallest absolute Gasteiger partial charge is 0.404 e. The van der Waals surface area contributed by atoms with Crippen LogP contribution in [-0.2, 0) is 6.42 Å². The second-order valence-electron chi connectivity index (χ2n) is 3.15. The lowest BCUT2D eigenvalue weighted by atomic mass is 10.0. The summed E-state index contributed by atoms with van der Waals surface area (Å²) in [6, 6.07) is 7.31. The molecule has 4 nitrogen and oxygen atoms in total. The van der Waals surface area contributed by atoms with Gasteiger partial charge in [0.2, 0.25) is 0 Å². The molecule has 0 atom stereocenters. The maximum absolute atomic E-state index is 10.7. The van der Waals surface area contributed by atoms with Crippen LogP contribution in [0.15, 0.2) is 24.3 Å². The summed E-state index contributed by atoms with van der Waals surface area (Å²) in [5.74, 6) is 0. The van der Waals surface area contributed by atoms with Gasteiger partial charge in [0.15, 0.2) is 0 Å². The monoisotopic (exact) mass is 207 g/mol. The van der Waals surface area contributed by atoms with Gasteiger partial charge in [-0.25, -0.2) is 4.79 Å².